The number of amides is 1. The van der Waals surface area contributed by atoms with Crippen molar-refractivity contribution in [3.63, 3.8) is 0 Å². The Bertz CT molecular complexity index is 837. The highest BCUT2D eigenvalue weighted by molar-refractivity contribution is 5.83. The molecule has 25 heavy (non-hydrogen) atoms. The quantitative estimate of drug-likeness (QED) is 0.683. The summed E-state index contributed by atoms with van der Waals surface area (Å²) in [5.74, 6) is 0.786. The Kier molecular flexibility index (Phi) is 5.08. The van der Waals surface area contributed by atoms with Gasteiger partial charge < -0.3 is 15.0 Å². The first-order valence-electron chi connectivity index (χ1n) is 8.57. The van der Waals surface area contributed by atoms with Crippen LogP contribution in [0.3, 0.4) is 0 Å². The van der Waals surface area contributed by atoms with Crippen LogP contribution in [0, 0.1) is 0 Å². The van der Waals surface area contributed by atoms with Crippen molar-refractivity contribution in [3.05, 3.63) is 66.4 Å². The van der Waals surface area contributed by atoms with Crippen molar-refractivity contribution in [2.75, 3.05) is 6.61 Å². The van der Waals surface area contributed by atoms with Crippen LogP contribution in [0.2, 0.25) is 0 Å². The van der Waals surface area contributed by atoms with Crippen molar-refractivity contribution in [1.82, 2.24) is 10.3 Å². The van der Waals surface area contributed by atoms with E-state index in [0.29, 0.717) is 13.0 Å². The van der Waals surface area contributed by atoms with E-state index in [1.54, 1.807) is 0 Å². The normalized spacial score (nSPS) is 11.4. The van der Waals surface area contributed by atoms with Crippen molar-refractivity contribution in [2.45, 2.75) is 32.2 Å². The van der Waals surface area contributed by atoms with Crippen molar-refractivity contribution in [2.24, 2.45) is 0 Å². The molecule has 2 N–H and O–H groups in total. The molecule has 4 heteroatoms. The summed E-state index contributed by atoms with van der Waals surface area (Å²) in [7, 11) is 0. The topological polar surface area (TPSA) is 54.1 Å². The molecule has 0 aliphatic rings. The number of aromatic nitrogens is 1. The van der Waals surface area contributed by atoms with Crippen LogP contribution in [0.25, 0.3) is 10.9 Å². The van der Waals surface area contributed by atoms with E-state index in [1.807, 2.05) is 62.5 Å². The molecule has 2 aromatic carbocycles. The predicted molar refractivity (Wildman–Crippen MR) is 101 cm³/mol. The second-order valence-corrected chi connectivity index (χ2v) is 6.88. The molecule has 0 saturated carbocycles. The van der Waals surface area contributed by atoms with Gasteiger partial charge in [-0.1, -0.05) is 36.4 Å². The van der Waals surface area contributed by atoms with Gasteiger partial charge in [0.2, 0.25) is 5.91 Å². The second-order valence-electron chi connectivity index (χ2n) is 6.88. The molecule has 130 valence electrons. The molecule has 0 bridgehead atoms. The number of nitrogens with one attached hydrogen (secondary N) is 2. The van der Waals surface area contributed by atoms with E-state index in [9.17, 15) is 4.79 Å². The van der Waals surface area contributed by atoms with Gasteiger partial charge in [-0.15, -0.1) is 0 Å². The molecular formula is C21H24N2O2. The average molecular weight is 336 g/mol. The SMILES string of the molecule is CC(C)(Cc1c[nH]c2ccccc12)NC(=O)CCOc1ccccc1. The maximum atomic E-state index is 12.2. The standard InChI is InChI=1S/C21H24N2O2/c1-21(2,14-16-15-22-19-11-7-6-10-18(16)19)23-20(24)12-13-25-17-8-4-3-5-9-17/h3-11,15,22H,12-14H2,1-2H3,(H,23,24). The molecule has 1 aromatic heterocycles. The number of H-pyrrole nitrogens is 1. The summed E-state index contributed by atoms with van der Waals surface area (Å²) in [5, 5.41) is 4.32. The highest BCUT2D eigenvalue weighted by Gasteiger charge is 2.22. The van der Waals surface area contributed by atoms with E-state index in [1.165, 1.54) is 10.9 Å². The van der Waals surface area contributed by atoms with Gasteiger partial charge in [0, 0.05) is 22.6 Å². The van der Waals surface area contributed by atoms with E-state index in [-0.39, 0.29) is 11.4 Å². The number of carbonyl (C=O) groups excluding carboxylic acids is 1. The minimum atomic E-state index is -0.325. The highest BCUT2D eigenvalue weighted by Crippen LogP contribution is 2.22. The average Bonchev–Trinajstić information content (AvgIpc) is 2.98. The van der Waals surface area contributed by atoms with Gasteiger partial charge in [-0.3, -0.25) is 4.79 Å². The van der Waals surface area contributed by atoms with Crippen molar-refractivity contribution < 1.29 is 9.53 Å². The largest absolute Gasteiger partial charge is 0.493 e. The minimum Gasteiger partial charge on any atom is -0.493 e. The number of aromatic amines is 1. The van der Waals surface area contributed by atoms with Crippen LogP contribution in [-0.4, -0.2) is 23.0 Å². The monoisotopic (exact) mass is 336 g/mol. The van der Waals surface area contributed by atoms with Gasteiger partial charge in [0.05, 0.1) is 13.0 Å². The summed E-state index contributed by atoms with van der Waals surface area (Å²) in [5.41, 5.74) is 2.01. The Morgan fingerprint density at radius 3 is 2.60 bits per heavy atom. The van der Waals surface area contributed by atoms with E-state index >= 15 is 0 Å². The first kappa shape index (κ1) is 17.1. The first-order valence-corrected chi connectivity index (χ1v) is 8.57. The third kappa shape index (κ3) is 4.63. The number of benzene rings is 2. The second kappa shape index (κ2) is 7.43. The number of ether oxygens (including phenoxy) is 1. The maximum Gasteiger partial charge on any atom is 0.223 e. The Balaban J connectivity index is 1.53. The molecule has 0 aliphatic heterocycles. The van der Waals surface area contributed by atoms with Gasteiger partial charge in [-0.25, -0.2) is 0 Å². The molecule has 4 nitrogen and oxygen atoms in total. The van der Waals surface area contributed by atoms with E-state index in [4.69, 9.17) is 4.74 Å². The van der Waals surface area contributed by atoms with E-state index < -0.39 is 0 Å². The third-order valence-electron chi connectivity index (χ3n) is 4.13. The van der Waals surface area contributed by atoms with Crippen LogP contribution in [-0.2, 0) is 11.2 Å². The van der Waals surface area contributed by atoms with Crippen LogP contribution >= 0.6 is 0 Å². The summed E-state index contributed by atoms with van der Waals surface area (Å²) in [6.07, 6.45) is 3.13. The number of fused-ring (bicyclic) bond motifs is 1. The molecule has 3 rings (SSSR count). The summed E-state index contributed by atoms with van der Waals surface area (Å²) in [6.45, 7) is 4.47. The number of para-hydroxylation sites is 2. The maximum absolute atomic E-state index is 12.2. The molecule has 0 spiro atoms. The third-order valence-corrected chi connectivity index (χ3v) is 4.13. The minimum absolute atomic E-state index is 0.000715. The van der Waals surface area contributed by atoms with Gasteiger partial charge in [-0.2, -0.15) is 0 Å². The predicted octanol–water partition coefficient (Wildman–Crippen LogP) is 4.07. The van der Waals surface area contributed by atoms with Gasteiger partial charge in [-0.05, 0) is 44.0 Å². The number of hydrogen-bond donors (Lipinski definition) is 2. The zero-order chi connectivity index (χ0) is 17.7. The van der Waals surface area contributed by atoms with Crippen molar-refractivity contribution in [3.8, 4) is 5.75 Å². The molecule has 0 fully saturated rings. The molecule has 3 aromatic rings. The molecule has 1 amide bonds. The lowest BCUT2D eigenvalue weighted by atomic mass is 9.94. The molecule has 0 unspecified atom stereocenters. The van der Waals surface area contributed by atoms with Gasteiger partial charge >= 0.3 is 0 Å². The van der Waals surface area contributed by atoms with Crippen LogP contribution < -0.4 is 10.1 Å². The fraction of sp³-hybridized carbons (Fsp3) is 0.286. The fourth-order valence-electron chi connectivity index (χ4n) is 3.02. The molecular weight excluding hydrogens is 312 g/mol. The smallest absolute Gasteiger partial charge is 0.223 e. The van der Waals surface area contributed by atoms with Crippen molar-refractivity contribution >= 4 is 16.8 Å². The number of carbonyl (C=O) groups is 1. The fourth-order valence-corrected chi connectivity index (χ4v) is 3.02. The highest BCUT2D eigenvalue weighted by atomic mass is 16.5. The number of hydrogen-bond acceptors (Lipinski definition) is 2. The zero-order valence-electron chi connectivity index (χ0n) is 14.7. The molecule has 0 saturated heterocycles. The van der Waals surface area contributed by atoms with E-state index in [0.717, 1.165) is 17.7 Å². The van der Waals surface area contributed by atoms with Gasteiger partial charge in [0.25, 0.3) is 0 Å². The zero-order valence-corrected chi connectivity index (χ0v) is 14.7. The lowest BCUT2D eigenvalue weighted by Crippen LogP contribution is -2.45. The van der Waals surface area contributed by atoms with Crippen LogP contribution in [0.15, 0.2) is 60.8 Å². The molecule has 1 heterocycles. The summed E-state index contributed by atoms with van der Waals surface area (Å²) >= 11 is 0. The Labute approximate surface area is 148 Å². The Morgan fingerprint density at radius 2 is 1.80 bits per heavy atom. The van der Waals surface area contributed by atoms with Gasteiger partial charge in [0.1, 0.15) is 5.75 Å². The lowest BCUT2D eigenvalue weighted by Gasteiger charge is -2.26. The lowest BCUT2D eigenvalue weighted by molar-refractivity contribution is -0.123. The van der Waals surface area contributed by atoms with E-state index in [2.05, 4.69) is 22.4 Å². The van der Waals surface area contributed by atoms with Crippen LogP contribution in [0.1, 0.15) is 25.8 Å². The van der Waals surface area contributed by atoms with Crippen molar-refractivity contribution in [1.29, 1.82) is 0 Å². The number of rotatable bonds is 7. The summed E-state index contributed by atoms with van der Waals surface area (Å²) in [6, 6.07) is 17.8. The molecule has 0 atom stereocenters. The summed E-state index contributed by atoms with van der Waals surface area (Å²) < 4.78 is 5.59. The Hall–Kier alpha value is -2.75. The molecule has 0 aliphatic carbocycles. The summed E-state index contributed by atoms with van der Waals surface area (Å²) in [4.78, 5) is 15.5. The molecule has 0 radical (unpaired) electrons. The van der Waals surface area contributed by atoms with Gasteiger partial charge in [0.15, 0.2) is 0 Å². The first-order chi connectivity index (χ1) is 12.0. The van der Waals surface area contributed by atoms with Crippen LogP contribution in [0.4, 0.5) is 0 Å². The Morgan fingerprint density at radius 1 is 1.08 bits per heavy atom. The van der Waals surface area contributed by atoms with Crippen LogP contribution in [0.5, 0.6) is 5.75 Å².